The van der Waals surface area contributed by atoms with E-state index in [-0.39, 0.29) is 0 Å². The molecule has 8 heteroatoms. The third-order valence-electron chi connectivity index (χ3n) is 6.81. The van der Waals surface area contributed by atoms with Crippen molar-refractivity contribution in [3.05, 3.63) is 80.0 Å². The van der Waals surface area contributed by atoms with Crippen molar-refractivity contribution in [1.29, 1.82) is 0 Å². The number of nitrogens with one attached hydrogen (secondary N) is 2. The molecule has 4 heterocycles. The molecule has 1 fully saturated rings. The van der Waals surface area contributed by atoms with Crippen molar-refractivity contribution in [2.24, 2.45) is 0 Å². The lowest BCUT2D eigenvalue weighted by Crippen LogP contribution is -2.09. The van der Waals surface area contributed by atoms with Crippen LogP contribution < -0.4 is 11.1 Å². The molecule has 186 valence electrons. The number of aryl methyl sites for hydroxylation is 1. The minimum atomic E-state index is 0.501. The number of fused-ring (bicyclic) bond motifs is 2. The Labute approximate surface area is 211 Å². The zero-order valence-electron chi connectivity index (χ0n) is 20.6. The number of H-pyrrole nitrogens is 1. The second-order valence-corrected chi connectivity index (χ2v) is 9.27. The number of hydrogen-bond donors (Lipinski definition) is 3. The molecule has 0 aliphatic heterocycles. The largest absolute Gasteiger partial charge is 0.391 e. The molecule has 0 spiro atoms. The fraction of sp³-hybridized carbons (Fsp3) is 0.321. The van der Waals surface area contributed by atoms with E-state index in [1.165, 1.54) is 37.5 Å². The van der Waals surface area contributed by atoms with Gasteiger partial charge in [0.1, 0.15) is 22.9 Å². The van der Waals surface area contributed by atoms with Gasteiger partial charge in [-0.15, -0.1) is 0 Å². The Morgan fingerprint density at radius 2 is 2.00 bits per heavy atom. The van der Waals surface area contributed by atoms with E-state index in [2.05, 4.69) is 60.1 Å². The monoisotopic (exact) mass is 482 g/mol. The Kier molecular flexibility index (Phi) is 7.30. The number of benzene rings is 1. The first-order chi connectivity index (χ1) is 17.7. The Morgan fingerprint density at radius 1 is 1.14 bits per heavy atom. The summed E-state index contributed by atoms with van der Waals surface area (Å²) in [5.41, 5.74) is 10.2. The number of nitrogen functional groups attached to an aromatic ring is 1. The first kappa shape index (κ1) is 23.7. The SMILES string of the molecule is C=CNCCCn1ccnc1.Nc1nccn2c(C3CCCCC3)nc(-c3cc4ccccc4[nH]3)c12. The molecule has 6 rings (SSSR count). The molecular weight excluding hydrogens is 448 g/mol. The van der Waals surface area contributed by atoms with Crippen LogP contribution >= 0.6 is 0 Å². The molecule has 0 atom stereocenters. The van der Waals surface area contributed by atoms with Crippen molar-refractivity contribution in [2.45, 2.75) is 51.0 Å². The average molecular weight is 483 g/mol. The van der Waals surface area contributed by atoms with Crippen molar-refractivity contribution >= 4 is 22.2 Å². The third-order valence-corrected chi connectivity index (χ3v) is 6.81. The van der Waals surface area contributed by atoms with E-state index >= 15 is 0 Å². The maximum absolute atomic E-state index is 6.25. The molecule has 4 aromatic heterocycles. The highest BCUT2D eigenvalue weighted by Gasteiger charge is 2.24. The molecular formula is C28H34N8. The molecule has 0 bridgehead atoms. The van der Waals surface area contributed by atoms with E-state index in [4.69, 9.17) is 10.7 Å². The van der Waals surface area contributed by atoms with Crippen LogP contribution in [0, 0.1) is 0 Å². The first-order valence-corrected chi connectivity index (χ1v) is 12.7. The minimum absolute atomic E-state index is 0.501. The predicted molar refractivity (Wildman–Crippen MR) is 146 cm³/mol. The number of aromatic nitrogens is 6. The van der Waals surface area contributed by atoms with Crippen LogP contribution in [-0.4, -0.2) is 35.4 Å². The van der Waals surface area contributed by atoms with Crippen molar-refractivity contribution in [2.75, 3.05) is 12.3 Å². The van der Waals surface area contributed by atoms with Crippen LogP contribution in [0.15, 0.2) is 74.2 Å². The molecule has 8 nitrogen and oxygen atoms in total. The summed E-state index contributed by atoms with van der Waals surface area (Å²) in [6.07, 6.45) is 18.5. The Bertz CT molecular complexity index is 1370. The lowest BCUT2D eigenvalue weighted by molar-refractivity contribution is 0.428. The van der Waals surface area contributed by atoms with Crippen molar-refractivity contribution in [1.82, 2.24) is 34.2 Å². The number of rotatable bonds is 7. The van der Waals surface area contributed by atoms with Crippen LogP contribution in [0.25, 0.3) is 27.8 Å². The normalized spacial score (nSPS) is 14.0. The number of para-hydroxylation sites is 1. The lowest BCUT2D eigenvalue weighted by Gasteiger charge is -2.20. The number of aromatic amines is 1. The van der Waals surface area contributed by atoms with Crippen molar-refractivity contribution in [3.8, 4) is 11.4 Å². The molecule has 1 aromatic carbocycles. The molecule has 1 aliphatic carbocycles. The highest BCUT2D eigenvalue weighted by molar-refractivity contribution is 5.91. The molecule has 0 radical (unpaired) electrons. The summed E-state index contributed by atoms with van der Waals surface area (Å²) in [6.45, 7) is 5.55. The molecule has 1 aliphatic rings. The molecule has 0 saturated heterocycles. The van der Waals surface area contributed by atoms with Crippen LogP contribution in [0.1, 0.15) is 50.3 Å². The topological polar surface area (TPSA) is 102 Å². The number of anilines is 1. The van der Waals surface area contributed by atoms with Gasteiger partial charge in [0.15, 0.2) is 0 Å². The summed E-state index contributed by atoms with van der Waals surface area (Å²) >= 11 is 0. The van der Waals surface area contributed by atoms with Gasteiger partial charge in [0.05, 0.1) is 12.0 Å². The van der Waals surface area contributed by atoms with E-state index in [1.54, 1.807) is 18.6 Å². The van der Waals surface area contributed by atoms with E-state index < -0.39 is 0 Å². The molecule has 36 heavy (non-hydrogen) atoms. The maximum Gasteiger partial charge on any atom is 0.150 e. The molecule has 1 saturated carbocycles. The van der Waals surface area contributed by atoms with Gasteiger partial charge in [0.2, 0.25) is 0 Å². The summed E-state index contributed by atoms with van der Waals surface area (Å²) < 4.78 is 4.21. The Morgan fingerprint density at radius 3 is 2.78 bits per heavy atom. The van der Waals surface area contributed by atoms with Gasteiger partial charge in [-0.25, -0.2) is 15.0 Å². The molecule has 4 N–H and O–H groups in total. The van der Waals surface area contributed by atoms with Gasteiger partial charge in [-0.05, 0) is 37.6 Å². The van der Waals surface area contributed by atoms with Gasteiger partial charge in [0.25, 0.3) is 0 Å². The summed E-state index contributed by atoms with van der Waals surface area (Å²) in [6, 6.07) is 10.4. The lowest BCUT2D eigenvalue weighted by atomic mass is 9.89. The second kappa shape index (κ2) is 11.1. The second-order valence-electron chi connectivity index (χ2n) is 9.27. The quantitative estimate of drug-likeness (QED) is 0.265. The number of hydrogen-bond acceptors (Lipinski definition) is 5. The number of imidazole rings is 2. The summed E-state index contributed by atoms with van der Waals surface area (Å²) in [5, 5.41) is 4.22. The van der Waals surface area contributed by atoms with Gasteiger partial charge < -0.3 is 20.6 Å². The highest BCUT2D eigenvalue weighted by atomic mass is 15.1. The van der Waals surface area contributed by atoms with E-state index in [9.17, 15) is 0 Å². The van der Waals surface area contributed by atoms with Crippen LogP contribution in [0.2, 0.25) is 0 Å². The van der Waals surface area contributed by atoms with Crippen LogP contribution in [0.3, 0.4) is 0 Å². The zero-order chi connectivity index (χ0) is 24.7. The fourth-order valence-electron chi connectivity index (χ4n) is 5.01. The molecule has 0 amide bonds. The van der Waals surface area contributed by atoms with Crippen LogP contribution in [0.4, 0.5) is 5.82 Å². The third kappa shape index (κ3) is 5.12. The Balaban J connectivity index is 0.000000205. The number of nitrogens with zero attached hydrogens (tertiary/aromatic N) is 5. The predicted octanol–water partition coefficient (Wildman–Crippen LogP) is 5.51. The van der Waals surface area contributed by atoms with Gasteiger partial charge in [0, 0.05) is 54.7 Å². The van der Waals surface area contributed by atoms with Crippen LogP contribution in [0.5, 0.6) is 0 Å². The van der Waals surface area contributed by atoms with Gasteiger partial charge in [-0.3, -0.25) is 4.40 Å². The highest BCUT2D eigenvalue weighted by Crippen LogP contribution is 2.37. The first-order valence-electron chi connectivity index (χ1n) is 12.7. The number of nitrogens with two attached hydrogens (primary N) is 1. The maximum atomic E-state index is 6.25. The Hall–Kier alpha value is -4.07. The van der Waals surface area contributed by atoms with E-state index in [0.717, 1.165) is 47.8 Å². The van der Waals surface area contributed by atoms with E-state index in [1.807, 2.05) is 24.8 Å². The minimum Gasteiger partial charge on any atom is -0.391 e. The van der Waals surface area contributed by atoms with E-state index in [0.29, 0.717) is 11.7 Å². The fourth-order valence-corrected chi connectivity index (χ4v) is 5.01. The molecule has 0 unspecified atom stereocenters. The summed E-state index contributed by atoms with van der Waals surface area (Å²) in [7, 11) is 0. The standard InChI is InChI=1S/C20H21N5.C8H13N3/c21-19-18-17(16-12-14-8-4-5-9-15(14)23-16)24-20(25(18)11-10-22-19)13-6-2-1-3-7-13;1-2-9-4-3-6-11-7-5-10-8-11/h4-5,8-13,23H,1-3,6-7H2,(H2,21,22);2,5,7-9H,1,3-4,6H2. The molecule has 5 aromatic rings. The van der Waals surface area contributed by atoms with Crippen molar-refractivity contribution < 1.29 is 0 Å². The average Bonchev–Trinajstić information content (AvgIpc) is 3.66. The zero-order valence-corrected chi connectivity index (χ0v) is 20.6. The van der Waals surface area contributed by atoms with Gasteiger partial charge >= 0.3 is 0 Å². The van der Waals surface area contributed by atoms with Gasteiger partial charge in [-0.2, -0.15) is 0 Å². The van der Waals surface area contributed by atoms with Crippen molar-refractivity contribution in [3.63, 3.8) is 0 Å². The summed E-state index contributed by atoms with van der Waals surface area (Å²) in [5.74, 6) is 2.16. The van der Waals surface area contributed by atoms with Gasteiger partial charge in [-0.1, -0.05) is 44.0 Å². The smallest absolute Gasteiger partial charge is 0.150 e. The summed E-state index contributed by atoms with van der Waals surface area (Å²) in [4.78, 5) is 16.8. The van der Waals surface area contributed by atoms with Crippen LogP contribution in [-0.2, 0) is 6.54 Å².